The number of carboxylic acids is 1. The van der Waals surface area contributed by atoms with Crippen LogP contribution in [-0.4, -0.2) is 55.0 Å². The van der Waals surface area contributed by atoms with Crippen LogP contribution in [0.1, 0.15) is 43.7 Å². The molecule has 2 aromatic rings. The van der Waals surface area contributed by atoms with Crippen molar-refractivity contribution in [2.24, 2.45) is 11.8 Å². The molecule has 8 nitrogen and oxygen atoms in total. The van der Waals surface area contributed by atoms with Gasteiger partial charge in [0, 0.05) is 18.5 Å². The number of alkyl carbamates (subject to hydrolysis) is 1. The van der Waals surface area contributed by atoms with Crippen LogP contribution in [0.25, 0.3) is 11.1 Å². The molecule has 1 heterocycles. The zero-order valence-electron chi connectivity index (χ0n) is 20.0. The molecule has 0 bridgehead atoms. The molecule has 0 saturated carbocycles. The second kappa shape index (κ2) is 10.9. The summed E-state index contributed by atoms with van der Waals surface area (Å²) in [7, 11) is 0. The van der Waals surface area contributed by atoms with E-state index in [0.717, 1.165) is 11.1 Å². The van der Waals surface area contributed by atoms with Crippen LogP contribution in [0.3, 0.4) is 0 Å². The van der Waals surface area contributed by atoms with Gasteiger partial charge < -0.3 is 25.2 Å². The van der Waals surface area contributed by atoms with Crippen LogP contribution in [0.4, 0.5) is 4.79 Å². The highest BCUT2D eigenvalue weighted by Gasteiger charge is 2.33. The molecule has 1 aliphatic heterocycles. The quantitative estimate of drug-likeness (QED) is 0.506. The van der Waals surface area contributed by atoms with Gasteiger partial charge in [-0.3, -0.25) is 9.59 Å². The van der Waals surface area contributed by atoms with E-state index >= 15 is 0 Å². The highest BCUT2D eigenvalue weighted by atomic mass is 16.5. The van der Waals surface area contributed by atoms with E-state index in [1.165, 1.54) is 11.1 Å². The molecular weight excluding hydrogens is 448 g/mol. The minimum atomic E-state index is -0.947. The van der Waals surface area contributed by atoms with Crippen molar-refractivity contribution in [3.05, 3.63) is 59.7 Å². The second-order valence-electron chi connectivity index (χ2n) is 9.55. The van der Waals surface area contributed by atoms with Crippen molar-refractivity contribution in [2.75, 3.05) is 19.8 Å². The molecule has 2 aliphatic rings. The molecule has 0 spiro atoms. The van der Waals surface area contributed by atoms with Crippen molar-refractivity contribution in [2.45, 2.75) is 44.8 Å². The van der Waals surface area contributed by atoms with E-state index in [4.69, 9.17) is 14.6 Å². The Hall–Kier alpha value is -3.39. The van der Waals surface area contributed by atoms with E-state index < -0.39 is 18.1 Å². The molecule has 8 heteroatoms. The summed E-state index contributed by atoms with van der Waals surface area (Å²) in [6.45, 7) is 4.46. The molecule has 35 heavy (non-hydrogen) atoms. The van der Waals surface area contributed by atoms with Crippen molar-refractivity contribution >= 4 is 18.0 Å². The van der Waals surface area contributed by atoms with Gasteiger partial charge in [0.15, 0.2) is 0 Å². The summed E-state index contributed by atoms with van der Waals surface area (Å²) in [5, 5.41) is 14.6. The Bertz CT molecular complexity index is 1040. The third-order valence-corrected chi connectivity index (χ3v) is 6.80. The average molecular weight is 481 g/mol. The van der Waals surface area contributed by atoms with Crippen LogP contribution in [0.2, 0.25) is 0 Å². The predicted octanol–water partition coefficient (Wildman–Crippen LogP) is 3.55. The van der Waals surface area contributed by atoms with Crippen molar-refractivity contribution in [3.8, 4) is 11.1 Å². The summed E-state index contributed by atoms with van der Waals surface area (Å²) < 4.78 is 11.2. The third-order valence-electron chi connectivity index (χ3n) is 6.80. The number of amides is 2. The van der Waals surface area contributed by atoms with Gasteiger partial charge in [0.2, 0.25) is 5.91 Å². The van der Waals surface area contributed by atoms with Crippen molar-refractivity contribution in [3.63, 3.8) is 0 Å². The van der Waals surface area contributed by atoms with E-state index in [1.54, 1.807) is 0 Å². The number of ether oxygens (including phenoxy) is 2. The SMILES string of the molecule is CC(C)[C@@H](CC(=O)O)NC(=O)[C@@H]1CO[C@H](CNC(=O)OCC2c3ccccc3-c3ccccc32)C1. The van der Waals surface area contributed by atoms with Gasteiger partial charge in [-0.1, -0.05) is 62.4 Å². The minimum Gasteiger partial charge on any atom is -0.481 e. The Morgan fingerprint density at radius 1 is 1.06 bits per heavy atom. The standard InChI is InChI=1S/C27H32N2O6/c1-16(2)24(12-25(30)31)29-26(32)17-11-18(34-14-17)13-28-27(33)35-15-23-21-9-5-3-7-19(21)20-8-4-6-10-22(20)23/h3-10,16-18,23-24H,11-15H2,1-2H3,(H,28,33)(H,29,32)(H,30,31)/t17-,18-,24+/m0/s1. The molecule has 1 fully saturated rings. The zero-order chi connectivity index (χ0) is 24.9. The monoisotopic (exact) mass is 480 g/mol. The average Bonchev–Trinajstić information content (AvgIpc) is 3.44. The van der Waals surface area contributed by atoms with Gasteiger partial charge in [-0.15, -0.1) is 0 Å². The highest BCUT2D eigenvalue weighted by Crippen LogP contribution is 2.44. The lowest BCUT2D eigenvalue weighted by Gasteiger charge is -2.22. The second-order valence-corrected chi connectivity index (χ2v) is 9.55. The lowest BCUT2D eigenvalue weighted by molar-refractivity contribution is -0.138. The lowest BCUT2D eigenvalue weighted by Crippen LogP contribution is -2.43. The normalized spacial score (nSPS) is 19.6. The van der Waals surface area contributed by atoms with Crippen LogP contribution >= 0.6 is 0 Å². The molecule has 4 rings (SSSR count). The fourth-order valence-electron chi connectivity index (χ4n) is 4.82. The van der Waals surface area contributed by atoms with Crippen LogP contribution in [0, 0.1) is 11.8 Å². The van der Waals surface area contributed by atoms with Gasteiger partial charge in [0.05, 0.1) is 25.0 Å². The van der Waals surface area contributed by atoms with E-state index in [9.17, 15) is 14.4 Å². The van der Waals surface area contributed by atoms with E-state index in [1.807, 2.05) is 38.1 Å². The minimum absolute atomic E-state index is 0.00315. The predicted molar refractivity (Wildman–Crippen MR) is 130 cm³/mol. The van der Waals surface area contributed by atoms with Crippen LogP contribution < -0.4 is 10.6 Å². The van der Waals surface area contributed by atoms with Gasteiger partial charge in [-0.2, -0.15) is 0 Å². The number of aliphatic carboxylic acids is 1. The lowest BCUT2D eigenvalue weighted by atomic mass is 9.98. The van der Waals surface area contributed by atoms with Crippen LogP contribution in [0.5, 0.6) is 0 Å². The Labute approximate surface area is 205 Å². The maximum Gasteiger partial charge on any atom is 0.407 e. The molecule has 1 aliphatic carbocycles. The summed E-state index contributed by atoms with van der Waals surface area (Å²) in [5.41, 5.74) is 4.64. The first-order valence-electron chi connectivity index (χ1n) is 12.1. The summed E-state index contributed by atoms with van der Waals surface area (Å²) in [6.07, 6.45) is -0.496. The van der Waals surface area contributed by atoms with Gasteiger partial charge in [-0.05, 0) is 34.6 Å². The number of carbonyl (C=O) groups is 3. The van der Waals surface area contributed by atoms with E-state index in [0.29, 0.717) is 6.42 Å². The first-order chi connectivity index (χ1) is 16.8. The number of hydrogen-bond acceptors (Lipinski definition) is 5. The zero-order valence-corrected chi connectivity index (χ0v) is 20.0. The molecule has 2 aromatic carbocycles. The van der Waals surface area contributed by atoms with Crippen molar-refractivity contribution in [1.29, 1.82) is 0 Å². The molecule has 0 aromatic heterocycles. The number of hydrogen-bond donors (Lipinski definition) is 3. The molecule has 186 valence electrons. The number of carboxylic acid groups (broad SMARTS) is 1. The van der Waals surface area contributed by atoms with Crippen LogP contribution in [-0.2, 0) is 19.1 Å². The topological polar surface area (TPSA) is 114 Å². The molecule has 0 radical (unpaired) electrons. The number of carbonyl (C=O) groups excluding carboxylic acids is 2. The number of fused-ring (bicyclic) bond motifs is 3. The largest absolute Gasteiger partial charge is 0.481 e. The molecule has 1 saturated heterocycles. The maximum atomic E-state index is 12.6. The summed E-state index contributed by atoms with van der Waals surface area (Å²) in [5.74, 6) is -1.54. The summed E-state index contributed by atoms with van der Waals surface area (Å²) in [6, 6.07) is 15.9. The molecule has 3 N–H and O–H groups in total. The Kier molecular flexibility index (Phi) is 7.70. The first kappa shape index (κ1) is 24.7. The Morgan fingerprint density at radius 3 is 2.29 bits per heavy atom. The van der Waals surface area contributed by atoms with Gasteiger partial charge in [-0.25, -0.2) is 4.79 Å². The van der Waals surface area contributed by atoms with Gasteiger partial charge in [0.25, 0.3) is 0 Å². The fourth-order valence-corrected chi connectivity index (χ4v) is 4.82. The molecule has 2 amide bonds. The maximum absolute atomic E-state index is 12.6. The van der Waals surface area contributed by atoms with Crippen molar-refractivity contribution in [1.82, 2.24) is 10.6 Å². The molecule has 0 unspecified atom stereocenters. The number of rotatable bonds is 9. The smallest absolute Gasteiger partial charge is 0.407 e. The Balaban J connectivity index is 1.24. The molecular formula is C27H32N2O6. The highest BCUT2D eigenvalue weighted by molar-refractivity contribution is 5.80. The fraction of sp³-hybridized carbons (Fsp3) is 0.444. The number of benzene rings is 2. The first-order valence-corrected chi connectivity index (χ1v) is 12.1. The third kappa shape index (κ3) is 5.82. The van der Waals surface area contributed by atoms with Crippen LogP contribution in [0.15, 0.2) is 48.5 Å². The molecule has 3 atom stereocenters. The summed E-state index contributed by atoms with van der Waals surface area (Å²) in [4.78, 5) is 36.0. The Morgan fingerprint density at radius 2 is 1.69 bits per heavy atom. The van der Waals surface area contributed by atoms with Gasteiger partial charge >= 0.3 is 12.1 Å². The van der Waals surface area contributed by atoms with E-state index in [-0.39, 0.29) is 55.9 Å². The number of nitrogens with one attached hydrogen (secondary N) is 2. The van der Waals surface area contributed by atoms with Gasteiger partial charge in [0.1, 0.15) is 6.61 Å². The summed E-state index contributed by atoms with van der Waals surface area (Å²) >= 11 is 0. The van der Waals surface area contributed by atoms with E-state index in [2.05, 4.69) is 34.9 Å². The van der Waals surface area contributed by atoms with Crippen molar-refractivity contribution < 1.29 is 29.0 Å².